The smallest absolute Gasteiger partial charge is 0.330 e. The number of rotatable bonds is 14. The molecule has 1 N–H and O–H groups in total. The van der Waals surface area contributed by atoms with Gasteiger partial charge in [0.1, 0.15) is 11.6 Å². The van der Waals surface area contributed by atoms with Crippen LogP contribution < -0.4 is 0 Å². The number of aromatic amines is 1. The molecule has 2 saturated heterocycles. The van der Waals surface area contributed by atoms with Crippen molar-refractivity contribution in [3.05, 3.63) is 77.9 Å². The highest BCUT2D eigenvalue weighted by Gasteiger charge is 2.40. The molecule has 3 aromatic rings. The highest BCUT2D eigenvalue weighted by molar-refractivity contribution is 5.87. The average Bonchev–Trinajstić information content (AvgIpc) is 3.76. The van der Waals surface area contributed by atoms with Gasteiger partial charge in [0.05, 0.1) is 19.7 Å². The molecule has 2 aromatic heterocycles. The van der Waals surface area contributed by atoms with Crippen LogP contribution in [-0.4, -0.2) is 86.1 Å². The zero-order chi connectivity index (χ0) is 31.7. The van der Waals surface area contributed by atoms with Gasteiger partial charge in [-0.05, 0) is 86.8 Å². The number of hydrogen-bond acceptors (Lipinski definition) is 7. The second-order valence-electron chi connectivity index (χ2n) is 14.3. The Labute approximate surface area is 269 Å². The summed E-state index contributed by atoms with van der Waals surface area (Å²) in [6, 6.07) is 8.28. The fraction of sp³-hybridized carbons (Fsp3) is 0.583. The van der Waals surface area contributed by atoms with Crippen LogP contribution in [0.15, 0.2) is 55.1 Å². The van der Waals surface area contributed by atoms with E-state index in [0.717, 1.165) is 48.8 Å². The molecule has 0 unspecified atom stereocenters. The van der Waals surface area contributed by atoms with E-state index in [4.69, 9.17) is 9.72 Å². The molecule has 1 spiro atoms. The molecular formula is C36H53N7O2. The van der Waals surface area contributed by atoms with Crippen LogP contribution in [0.1, 0.15) is 76.2 Å². The molecule has 9 nitrogen and oxygen atoms in total. The molecule has 2 fully saturated rings. The Bertz CT molecular complexity index is 1370. The summed E-state index contributed by atoms with van der Waals surface area (Å²) in [5.41, 5.74) is 3.05. The number of carbonyl (C=O) groups excluding carboxylic acids is 1. The highest BCUT2D eigenvalue weighted by Crippen LogP contribution is 2.40. The Morgan fingerprint density at radius 1 is 1.04 bits per heavy atom. The van der Waals surface area contributed by atoms with E-state index in [0.29, 0.717) is 30.5 Å². The van der Waals surface area contributed by atoms with Crippen molar-refractivity contribution >= 4 is 12.0 Å². The molecule has 4 heterocycles. The summed E-state index contributed by atoms with van der Waals surface area (Å²) in [7, 11) is 0. The third kappa shape index (κ3) is 10.1. The van der Waals surface area contributed by atoms with E-state index in [1.807, 2.05) is 37.5 Å². The Kier molecular flexibility index (Phi) is 11.3. The summed E-state index contributed by atoms with van der Waals surface area (Å²) in [4.78, 5) is 32.1. The molecule has 2 aliphatic heterocycles. The summed E-state index contributed by atoms with van der Waals surface area (Å²) >= 11 is 0. The van der Waals surface area contributed by atoms with Crippen molar-refractivity contribution in [1.29, 1.82) is 0 Å². The van der Waals surface area contributed by atoms with Gasteiger partial charge in [-0.1, -0.05) is 45.0 Å². The lowest BCUT2D eigenvalue weighted by molar-refractivity contribution is -0.137. The zero-order valence-electron chi connectivity index (χ0n) is 27.9. The van der Waals surface area contributed by atoms with Gasteiger partial charge >= 0.3 is 5.97 Å². The van der Waals surface area contributed by atoms with Crippen LogP contribution in [0.2, 0.25) is 0 Å². The number of nitrogens with one attached hydrogen (secondary N) is 1. The highest BCUT2D eigenvalue weighted by atomic mass is 16.5. The minimum absolute atomic E-state index is 0.324. The molecule has 0 amide bonds. The first-order valence-electron chi connectivity index (χ1n) is 16.8. The first-order valence-corrected chi connectivity index (χ1v) is 16.8. The SMILES string of the molecule is CCOC(=O)/C=C/c1cccc(CN(Cc2ncc[nH]2)Cc2nccn2CCCN2CCC3(CCN(CC(C)(C)C)CC3)C2)c1. The molecule has 2 aliphatic rings. The summed E-state index contributed by atoms with van der Waals surface area (Å²) in [5.74, 6) is 1.68. The predicted octanol–water partition coefficient (Wildman–Crippen LogP) is 5.61. The first-order chi connectivity index (χ1) is 21.7. The van der Waals surface area contributed by atoms with Crippen LogP contribution in [0.5, 0.6) is 0 Å². The minimum Gasteiger partial charge on any atom is -0.463 e. The van der Waals surface area contributed by atoms with E-state index in [1.165, 1.54) is 58.1 Å². The van der Waals surface area contributed by atoms with Gasteiger partial charge in [0.15, 0.2) is 0 Å². The number of aromatic nitrogens is 4. The predicted molar refractivity (Wildman–Crippen MR) is 179 cm³/mol. The van der Waals surface area contributed by atoms with Crippen LogP contribution in [-0.2, 0) is 35.7 Å². The van der Waals surface area contributed by atoms with Gasteiger partial charge in [0.25, 0.3) is 0 Å². The van der Waals surface area contributed by atoms with E-state index in [2.05, 4.69) is 68.3 Å². The zero-order valence-corrected chi connectivity index (χ0v) is 27.9. The Morgan fingerprint density at radius 2 is 1.84 bits per heavy atom. The average molecular weight is 616 g/mol. The quantitative estimate of drug-likeness (QED) is 0.187. The lowest BCUT2D eigenvalue weighted by atomic mass is 9.77. The number of piperidine rings is 1. The number of imidazole rings is 2. The van der Waals surface area contributed by atoms with Gasteiger partial charge in [-0.3, -0.25) is 4.90 Å². The maximum absolute atomic E-state index is 11.8. The Balaban J connectivity index is 1.14. The normalized spacial score (nSPS) is 17.6. The van der Waals surface area contributed by atoms with Crippen LogP contribution in [0.4, 0.5) is 0 Å². The second kappa shape index (κ2) is 15.3. The molecule has 0 aliphatic carbocycles. The van der Waals surface area contributed by atoms with Gasteiger partial charge in [-0.2, -0.15) is 0 Å². The first kappa shape index (κ1) is 33.1. The standard InChI is InChI=1S/C36H53N7O2/c1-5-45-34(44)11-10-30-8-6-9-31(24-30)25-42(26-32-37-15-16-38-32)27-33-39-17-23-43(33)19-7-18-40-20-12-36(29-40)13-21-41(22-14-36)28-35(2,3)4/h6,8-11,15-17,23-24H,5,7,12-14,18-22,25-29H2,1-4H3,(H,37,38)/b11-10+. The van der Waals surface area contributed by atoms with Crippen molar-refractivity contribution in [2.75, 3.05) is 45.9 Å². The monoisotopic (exact) mass is 615 g/mol. The number of benzene rings is 1. The van der Waals surface area contributed by atoms with E-state index in [9.17, 15) is 4.79 Å². The Hall–Kier alpha value is -3.27. The number of esters is 1. The van der Waals surface area contributed by atoms with Crippen LogP contribution in [0.3, 0.4) is 0 Å². The lowest BCUT2D eigenvalue weighted by Crippen LogP contribution is -2.44. The largest absolute Gasteiger partial charge is 0.463 e. The summed E-state index contributed by atoms with van der Waals surface area (Å²) in [5, 5.41) is 0. The second-order valence-corrected chi connectivity index (χ2v) is 14.3. The number of likely N-dealkylation sites (tertiary alicyclic amines) is 2. The lowest BCUT2D eigenvalue weighted by Gasteiger charge is -2.41. The molecule has 0 atom stereocenters. The van der Waals surface area contributed by atoms with Crippen LogP contribution >= 0.6 is 0 Å². The van der Waals surface area contributed by atoms with Gasteiger partial charge in [0, 0.05) is 57.0 Å². The molecule has 0 saturated carbocycles. The molecule has 9 heteroatoms. The van der Waals surface area contributed by atoms with Gasteiger partial charge in [-0.15, -0.1) is 0 Å². The van der Waals surface area contributed by atoms with E-state index in [1.54, 1.807) is 6.20 Å². The summed E-state index contributed by atoms with van der Waals surface area (Å²) in [6.45, 7) is 19.7. The minimum atomic E-state index is -0.324. The van der Waals surface area contributed by atoms with Crippen molar-refractivity contribution < 1.29 is 9.53 Å². The van der Waals surface area contributed by atoms with Gasteiger partial charge in [-0.25, -0.2) is 14.8 Å². The van der Waals surface area contributed by atoms with Crippen molar-refractivity contribution in [3.63, 3.8) is 0 Å². The van der Waals surface area contributed by atoms with Crippen molar-refractivity contribution in [1.82, 2.24) is 34.2 Å². The number of carbonyl (C=O) groups is 1. The maximum atomic E-state index is 11.8. The molecule has 1 aromatic carbocycles. The maximum Gasteiger partial charge on any atom is 0.330 e. The molecule has 45 heavy (non-hydrogen) atoms. The fourth-order valence-corrected chi connectivity index (χ4v) is 7.01. The Morgan fingerprint density at radius 3 is 2.58 bits per heavy atom. The fourth-order valence-electron chi connectivity index (χ4n) is 7.01. The number of hydrogen-bond donors (Lipinski definition) is 1. The van der Waals surface area contributed by atoms with E-state index < -0.39 is 0 Å². The third-order valence-electron chi connectivity index (χ3n) is 9.16. The molecule has 0 bridgehead atoms. The number of ether oxygens (including phenoxy) is 1. The van der Waals surface area contributed by atoms with Crippen molar-refractivity contribution in [2.24, 2.45) is 10.8 Å². The van der Waals surface area contributed by atoms with E-state index >= 15 is 0 Å². The summed E-state index contributed by atoms with van der Waals surface area (Å²) in [6.07, 6.45) is 16.2. The van der Waals surface area contributed by atoms with Gasteiger partial charge in [0.2, 0.25) is 0 Å². The number of H-pyrrole nitrogens is 1. The van der Waals surface area contributed by atoms with Gasteiger partial charge < -0.3 is 24.1 Å². The molecular weight excluding hydrogens is 562 g/mol. The number of aryl methyl sites for hydroxylation is 1. The summed E-state index contributed by atoms with van der Waals surface area (Å²) < 4.78 is 7.35. The molecule has 5 rings (SSSR count). The number of nitrogens with zero attached hydrogens (tertiary/aromatic N) is 6. The van der Waals surface area contributed by atoms with Crippen LogP contribution in [0, 0.1) is 10.8 Å². The van der Waals surface area contributed by atoms with Crippen molar-refractivity contribution in [3.8, 4) is 0 Å². The molecule has 0 radical (unpaired) electrons. The van der Waals surface area contributed by atoms with Crippen LogP contribution in [0.25, 0.3) is 6.08 Å². The third-order valence-corrected chi connectivity index (χ3v) is 9.16. The molecule has 244 valence electrons. The van der Waals surface area contributed by atoms with Crippen molar-refractivity contribution in [2.45, 2.75) is 79.6 Å². The topological polar surface area (TPSA) is 82.5 Å². The van der Waals surface area contributed by atoms with E-state index in [-0.39, 0.29) is 5.97 Å².